The highest BCUT2D eigenvalue weighted by Gasteiger charge is 2.42. The Hall–Kier alpha value is -0.820. The molecule has 0 spiro atoms. The van der Waals surface area contributed by atoms with Crippen molar-refractivity contribution in [1.29, 1.82) is 0 Å². The summed E-state index contributed by atoms with van der Waals surface area (Å²) in [6, 6.07) is 0.346. The zero-order valence-electron chi connectivity index (χ0n) is 11.9. The summed E-state index contributed by atoms with van der Waals surface area (Å²) in [5.74, 6) is 0.758. The van der Waals surface area contributed by atoms with Gasteiger partial charge in [0.25, 0.3) is 0 Å². The van der Waals surface area contributed by atoms with Crippen LogP contribution in [0.15, 0.2) is 4.90 Å². The van der Waals surface area contributed by atoms with Gasteiger partial charge in [0, 0.05) is 12.6 Å². The van der Waals surface area contributed by atoms with Gasteiger partial charge in [0.05, 0.1) is 5.25 Å². The van der Waals surface area contributed by atoms with E-state index in [0.29, 0.717) is 16.9 Å². The summed E-state index contributed by atoms with van der Waals surface area (Å²) >= 11 is 1.23. The minimum atomic E-state index is -3.29. The Morgan fingerprint density at radius 3 is 2.60 bits per heavy atom. The molecule has 1 aliphatic carbocycles. The largest absolute Gasteiger partial charge is 0.382 e. The van der Waals surface area contributed by atoms with Crippen molar-refractivity contribution in [3.8, 4) is 0 Å². The SMILES string of the molecule is CC1CCC(C)N(c2snc(N)c2S(=O)(=O)C2CC2)C1. The number of rotatable bonds is 3. The molecule has 0 amide bonds. The summed E-state index contributed by atoms with van der Waals surface area (Å²) < 4.78 is 29.3. The van der Waals surface area contributed by atoms with Crippen LogP contribution in [0.1, 0.15) is 39.5 Å². The molecule has 2 fully saturated rings. The molecule has 2 aliphatic rings. The summed E-state index contributed by atoms with van der Waals surface area (Å²) in [5.41, 5.74) is 5.87. The summed E-state index contributed by atoms with van der Waals surface area (Å²) in [4.78, 5) is 2.49. The zero-order valence-corrected chi connectivity index (χ0v) is 13.5. The van der Waals surface area contributed by atoms with Gasteiger partial charge in [-0.3, -0.25) is 0 Å². The van der Waals surface area contributed by atoms with Gasteiger partial charge in [0.1, 0.15) is 9.90 Å². The zero-order chi connectivity index (χ0) is 14.5. The number of hydrogen-bond acceptors (Lipinski definition) is 6. The fourth-order valence-electron chi connectivity index (χ4n) is 2.85. The first-order valence-electron chi connectivity index (χ1n) is 7.17. The Balaban J connectivity index is 2.02. The van der Waals surface area contributed by atoms with Gasteiger partial charge in [-0.2, -0.15) is 4.37 Å². The van der Waals surface area contributed by atoms with Crippen LogP contribution >= 0.6 is 11.5 Å². The molecule has 2 heterocycles. The number of nitrogens with zero attached hydrogens (tertiary/aromatic N) is 2. The van der Waals surface area contributed by atoms with Crippen LogP contribution in [-0.4, -0.2) is 30.6 Å². The van der Waals surface area contributed by atoms with Gasteiger partial charge in [0.2, 0.25) is 0 Å². The average Bonchev–Trinajstić information content (AvgIpc) is 3.16. The predicted octanol–water partition coefficient (Wildman–Crippen LogP) is 2.29. The first-order valence-corrected chi connectivity index (χ1v) is 9.49. The molecule has 5 nitrogen and oxygen atoms in total. The van der Waals surface area contributed by atoms with Crippen LogP contribution < -0.4 is 10.6 Å². The Morgan fingerprint density at radius 2 is 1.95 bits per heavy atom. The number of aromatic nitrogens is 1. The number of nitrogen functional groups attached to an aromatic ring is 1. The van der Waals surface area contributed by atoms with E-state index < -0.39 is 9.84 Å². The van der Waals surface area contributed by atoms with E-state index in [1.165, 1.54) is 18.0 Å². The third kappa shape index (κ3) is 2.30. The lowest BCUT2D eigenvalue weighted by molar-refractivity contribution is 0.390. The van der Waals surface area contributed by atoms with E-state index in [4.69, 9.17) is 5.73 Å². The number of piperidine rings is 1. The topological polar surface area (TPSA) is 76.3 Å². The molecule has 3 rings (SSSR count). The Morgan fingerprint density at radius 1 is 1.25 bits per heavy atom. The molecule has 0 aromatic carbocycles. The highest BCUT2D eigenvalue weighted by atomic mass is 32.2. The van der Waals surface area contributed by atoms with Gasteiger partial charge >= 0.3 is 0 Å². The van der Waals surface area contributed by atoms with E-state index >= 15 is 0 Å². The van der Waals surface area contributed by atoms with Crippen molar-refractivity contribution < 1.29 is 8.42 Å². The molecule has 1 saturated carbocycles. The van der Waals surface area contributed by atoms with Crippen LogP contribution in [0.25, 0.3) is 0 Å². The molecule has 0 bridgehead atoms. The monoisotopic (exact) mass is 315 g/mol. The van der Waals surface area contributed by atoms with Crippen molar-refractivity contribution in [2.24, 2.45) is 5.92 Å². The van der Waals surface area contributed by atoms with Gasteiger partial charge in [0.15, 0.2) is 15.7 Å². The van der Waals surface area contributed by atoms with Crippen molar-refractivity contribution in [3.63, 3.8) is 0 Å². The van der Waals surface area contributed by atoms with Crippen LogP contribution in [0, 0.1) is 5.92 Å². The van der Waals surface area contributed by atoms with Crippen molar-refractivity contribution in [3.05, 3.63) is 0 Å². The van der Waals surface area contributed by atoms with Crippen LogP contribution in [0.3, 0.4) is 0 Å². The van der Waals surface area contributed by atoms with Crippen LogP contribution in [0.2, 0.25) is 0 Å². The lowest BCUT2D eigenvalue weighted by atomic mass is 9.95. The summed E-state index contributed by atoms with van der Waals surface area (Å²) in [5, 5.41) is 0.519. The molecular weight excluding hydrogens is 294 g/mol. The lowest BCUT2D eigenvalue weighted by Crippen LogP contribution is -2.41. The maximum Gasteiger partial charge on any atom is 0.187 e. The number of hydrogen-bond donors (Lipinski definition) is 1. The third-order valence-corrected chi connectivity index (χ3v) is 7.63. The van der Waals surface area contributed by atoms with Crippen molar-refractivity contribution >= 4 is 32.2 Å². The summed E-state index contributed by atoms with van der Waals surface area (Å²) in [6.07, 6.45) is 3.78. The smallest absolute Gasteiger partial charge is 0.187 e. The van der Waals surface area contributed by atoms with E-state index in [2.05, 4.69) is 23.1 Å². The molecule has 7 heteroatoms. The van der Waals surface area contributed by atoms with Gasteiger partial charge in [-0.15, -0.1) is 0 Å². The van der Waals surface area contributed by atoms with Crippen molar-refractivity contribution in [1.82, 2.24) is 4.37 Å². The van der Waals surface area contributed by atoms with Crippen molar-refractivity contribution in [2.75, 3.05) is 17.2 Å². The van der Waals surface area contributed by atoms with Crippen LogP contribution in [0.5, 0.6) is 0 Å². The molecule has 1 saturated heterocycles. The van der Waals surface area contributed by atoms with Crippen molar-refractivity contribution in [2.45, 2.75) is 55.7 Å². The lowest BCUT2D eigenvalue weighted by Gasteiger charge is -2.37. The maximum atomic E-state index is 12.6. The first-order chi connectivity index (χ1) is 9.41. The second kappa shape index (κ2) is 4.87. The predicted molar refractivity (Wildman–Crippen MR) is 81.9 cm³/mol. The van der Waals surface area contributed by atoms with Gasteiger partial charge < -0.3 is 10.6 Å². The van der Waals surface area contributed by atoms with Gasteiger partial charge in [-0.1, -0.05) is 6.92 Å². The Bertz CT molecular complexity index is 607. The van der Waals surface area contributed by atoms with Crippen LogP contribution in [-0.2, 0) is 9.84 Å². The second-order valence-electron chi connectivity index (χ2n) is 6.13. The molecule has 1 aromatic heterocycles. The standard InChI is InChI=1S/C13H21N3O2S2/c1-8-3-4-9(2)16(7-8)13-11(12(14)15-19-13)20(17,18)10-5-6-10/h8-10H,3-7H2,1-2H3,(H2,14,15). The highest BCUT2D eigenvalue weighted by Crippen LogP contribution is 2.44. The average molecular weight is 315 g/mol. The molecule has 112 valence electrons. The fourth-order valence-corrected chi connectivity index (χ4v) is 5.98. The van der Waals surface area contributed by atoms with Crippen LogP contribution in [0.4, 0.5) is 10.8 Å². The molecule has 2 atom stereocenters. The Kier molecular flexibility index (Phi) is 3.44. The highest BCUT2D eigenvalue weighted by molar-refractivity contribution is 7.92. The van der Waals surface area contributed by atoms with E-state index in [1.807, 2.05) is 0 Å². The number of anilines is 2. The van der Waals surface area contributed by atoms with E-state index in [0.717, 1.165) is 30.8 Å². The van der Waals surface area contributed by atoms with E-state index in [1.54, 1.807) is 0 Å². The molecule has 1 aliphatic heterocycles. The molecule has 0 radical (unpaired) electrons. The molecule has 2 unspecified atom stereocenters. The normalized spacial score (nSPS) is 27.8. The summed E-state index contributed by atoms with van der Waals surface area (Å²) in [6.45, 7) is 5.24. The maximum absolute atomic E-state index is 12.6. The molecular formula is C13H21N3O2S2. The molecule has 2 N–H and O–H groups in total. The van der Waals surface area contributed by atoms with E-state index in [-0.39, 0.29) is 11.1 Å². The Labute approximate surface area is 124 Å². The summed E-state index contributed by atoms with van der Waals surface area (Å²) in [7, 11) is -3.29. The third-order valence-electron chi connectivity index (χ3n) is 4.28. The van der Waals surface area contributed by atoms with Gasteiger partial charge in [-0.05, 0) is 50.1 Å². The second-order valence-corrected chi connectivity index (χ2v) is 9.05. The molecule has 20 heavy (non-hydrogen) atoms. The fraction of sp³-hybridized carbons (Fsp3) is 0.769. The minimum absolute atomic E-state index is 0.183. The van der Waals surface area contributed by atoms with Gasteiger partial charge in [-0.25, -0.2) is 8.42 Å². The van der Waals surface area contributed by atoms with E-state index in [9.17, 15) is 8.42 Å². The molecule has 1 aromatic rings. The number of sulfone groups is 1. The quantitative estimate of drug-likeness (QED) is 0.926. The minimum Gasteiger partial charge on any atom is -0.382 e. The number of nitrogens with two attached hydrogens (primary N) is 1. The first kappa shape index (κ1) is 14.1.